The first-order valence-electron chi connectivity index (χ1n) is 16.0. The lowest BCUT2D eigenvalue weighted by molar-refractivity contribution is 0.0599. The molecule has 0 amide bonds. The largest absolute Gasteiger partial charge is 0.497 e. The summed E-state index contributed by atoms with van der Waals surface area (Å²) in [6, 6.07) is 33.7. The molecule has 8 heteroatoms. The van der Waals surface area contributed by atoms with E-state index in [1.54, 1.807) is 21.3 Å². The van der Waals surface area contributed by atoms with Gasteiger partial charge >= 0.3 is 5.97 Å². The Bertz CT molecular complexity index is 1850. The van der Waals surface area contributed by atoms with Crippen molar-refractivity contribution in [2.75, 3.05) is 51.3 Å². The summed E-state index contributed by atoms with van der Waals surface area (Å²) >= 11 is 0. The highest BCUT2D eigenvalue weighted by atomic mass is 16.5. The van der Waals surface area contributed by atoms with Crippen molar-refractivity contribution < 1.29 is 28.5 Å². The highest BCUT2D eigenvalue weighted by Gasteiger charge is 2.34. The van der Waals surface area contributed by atoms with E-state index in [0.29, 0.717) is 17.1 Å². The quantitative estimate of drug-likeness (QED) is 0.129. The molecule has 0 saturated carbocycles. The second kappa shape index (κ2) is 14.0. The SMILES string of the molecule is CCN(CC)c1ccc2c(c1)Oc1cc(OC)c(N(c3ccc(OC)cc3)c3ccc(OC)cc3)cc1C2c1ccccc1C(=O)OC. The number of rotatable bonds is 11. The summed E-state index contributed by atoms with van der Waals surface area (Å²) in [5.41, 5.74) is 6.80. The molecule has 246 valence electrons. The molecule has 8 nitrogen and oxygen atoms in total. The number of carbonyl (C=O) groups is 1. The van der Waals surface area contributed by atoms with Crippen LogP contribution in [0.15, 0.2) is 103 Å². The fourth-order valence-corrected chi connectivity index (χ4v) is 6.41. The molecule has 0 fully saturated rings. The van der Waals surface area contributed by atoms with Crippen LogP contribution in [-0.4, -0.2) is 47.5 Å². The summed E-state index contributed by atoms with van der Waals surface area (Å²) in [4.78, 5) is 17.6. The molecule has 0 saturated heterocycles. The second-order valence-corrected chi connectivity index (χ2v) is 11.3. The molecule has 1 heterocycles. The Labute approximate surface area is 282 Å². The van der Waals surface area contributed by atoms with E-state index in [2.05, 4.69) is 47.9 Å². The number of methoxy groups -OCH3 is 4. The van der Waals surface area contributed by atoms with Gasteiger partial charge in [0.2, 0.25) is 0 Å². The zero-order chi connectivity index (χ0) is 33.8. The van der Waals surface area contributed by atoms with Crippen molar-refractivity contribution in [2.45, 2.75) is 19.8 Å². The van der Waals surface area contributed by atoms with Crippen molar-refractivity contribution in [2.24, 2.45) is 0 Å². The van der Waals surface area contributed by atoms with E-state index >= 15 is 0 Å². The van der Waals surface area contributed by atoms with Crippen LogP contribution in [-0.2, 0) is 4.74 Å². The summed E-state index contributed by atoms with van der Waals surface area (Å²) in [6.07, 6.45) is 0. The molecule has 0 N–H and O–H groups in total. The molecule has 0 spiro atoms. The van der Waals surface area contributed by atoms with E-state index in [-0.39, 0.29) is 5.92 Å². The first kappa shape index (κ1) is 32.3. The van der Waals surface area contributed by atoms with Gasteiger partial charge in [-0.25, -0.2) is 4.79 Å². The standard InChI is InChI=1S/C40H40N2O6/c1-7-41(8-2)28-17-22-33-36(23-28)48-37-25-38(46-5)35(24-34(37)39(33)31-11-9-10-12-32(31)40(43)47-6)42(26-13-18-29(44-3)19-14-26)27-15-20-30(45-4)21-16-27/h9-25,39H,7-8H2,1-6H3. The highest BCUT2D eigenvalue weighted by Crippen LogP contribution is 2.53. The van der Waals surface area contributed by atoms with E-state index < -0.39 is 5.97 Å². The lowest BCUT2D eigenvalue weighted by Crippen LogP contribution is -2.22. The fourth-order valence-electron chi connectivity index (χ4n) is 6.41. The van der Waals surface area contributed by atoms with Crippen molar-refractivity contribution in [3.63, 3.8) is 0 Å². The molecule has 1 aliphatic heterocycles. The van der Waals surface area contributed by atoms with E-state index in [1.165, 1.54) is 7.11 Å². The van der Waals surface area contributed by atoms with Crippen LogP contribution in [0.2, 0.25) is 0 Å². The van der Waals surface area contributed by atoms with Gasteiger partial charge < -0.3 is 33.5 Å². The molecule has 0 bridgehead atoms. The number of ether oxygens (including phenoxy) is 5. The minimum Gasteiger partial charge on any atom is -0.497 e. The Kier molecular flexibility index (Phi) is 9.43. The average molecular weight is 645 g/mol. The zero-order valence-corrected chi connectivity index (χ0v) is 28.2. The number of anilines is 4. The number of carbonyl (C=O) groups excluding carboxylic acids is 1. The van der Waals surface area contributed by atoms with E-state index in [0.717, 1.165) is 69.8 Å². The lowest BCUT2D eigenvalue weighted by Gasteiger charge is -2.34. The smallest absolute Gasteiger partial charge is 0.338 e. The normalized spacial score (nSPS) is 13.0. The highest BCUT2D eigenvalue weighted by molar-refractivity contribution is 5.92. The first-order chi connectivity index (χ1) is 23.4. The third-order valence-corrected chi connectivity index (χ3v) is 8.86. The number of benzene rings is 5. The second-order valence-electron chi connectivity index (χ2n) is 11.3. The van der Waals surface area contributed by atoms with Crippen LogP contribution in [0.5, 0.6) is 28.7 Å². The number of hydrogen-bond donors (Lipinski definition) is 0. The maximum absolute atomic E-state index is 13.2. The Morgan fingerprint density at radius 2 is 1.23 bits per heavy atom. The Morgan fingerprint density at radius 1 is 0.646 bits per heavy atom. The van der Waals surface area contributed by atoms with Gasteiger partial charge in [0.05, 0.1) is 39.7 Å². The molecule has 48 heavy (non-hydrogen) atoms. The van der Waals surface area contributed by atoms with Crippen LogP contribution >= 0.6 is 0 Å². The van der Waals surface area contributed by atoms with Gasteiger partial charge in [-0.05, 0) is 86.1 Å². The summed E-state index contributed by atoms with van der Waals surface area (Å²) in [6.45, 7) is 6.00. The van der Waals surface area contributed by atoms with Crippen molar-refractivity contribution in [1.82, 2.24) is 0 Å². The number of esters is 1. The predicted octanol–water partition coefficient (Wildman–Crippen LogP) is 9.10. The molecule has 0 radical (unpaired) electrons. The van der Waals surface area contributed by atoms with Crippen LogP contribution < -0.4 is 28.7 Å². The molecular formula is C40H40N2O6. The van der Waals surface area contributed by atoms with E-state index in [4.69, 9.17) is 23.7 Å². The summed E-state index contributed by atoms with van der Waals surface area (Å²) < 4.78 is 29.0. The van der Waals surface area contributed by atoms with Crippen LogP contribution in [0.25, 0.3) is 0 Å². The molecule has 1 atom stereocenters. The van der Waals surface area contributed by atoms with Crippen LogP contribution in [0.3, 0.4) is 0 Å². The van der Waals surface area contributed by atoms with Crippen LogP contribution in [0.4, 0.5) is 22.7 Å². The molecular weight excluding hydrogens is 604 g/mol. The minimum absolute atomic E-state index is 0.344. The van der Waals surface area contributed by atoms with Gasteiger partial charge in [0.15, 0.2) is 0 Å². The van der Waals surface area contributed by atoms with Gasteiger partial charge in [-0.1, -0.05) is 24.3 Å². The van der Waals surface area contributed by atoms with Gasteiger partial charge in [0, 0.05) is 59.3 Å². The third kappa shape index (κ3) is 5.97. The Morgan fingerprint density at radius 3 is 1.79 bits per heavy atom. The Hall–Kier alpha value is -5.63. The number of nitrogens with zero attached hydrogens (tertiary/aromatic N) is 2. The minimum atomic E-state index is -0.396. The average Bonchev–Trinajstić information content (AvgIpc) is 3.14. The predicted molar refractivity (Wildman–Crippen MR) is 190 cm³/mol. The Balaban J connectivity index is 1.61. The summed E-state index contributed by atoms with van der Waals surface area (Å²) in [5, 5.41) is 0. The summed E-state index contributed by atoms with van der Waals surface area (Å²) in [5.74, 6) is 2.75. The van der Waals surface area contributed by atoms with Crippen LogP contribution in [0.1, 0.15) is 46.8 Å². The summed E-state index contributed by atoms with van der Waals surface area (Å²) in [7, 11) is 6.37. The maximum atomic E-state index is 13.2. The maximum Gasteiger partial charge on any atom is 0.338 e. The van der Waals surface area contributed by atoms with Gasteiger partial charge in [0.1, 0.15) is 28.7 Å². The molecule has 5 aromatic rings. The fraction of sp³-hybridized carbons (Fsp3) is 0.225. The van der Waals surface area contributed by atoms with Gasteiger partial charge in [-0.15, -0.1) is 0 Å². The molecule has 5 aromatic carbocycles. The van der Waals surface area contributed by atoms with Crippen molar-refractivity contribution >= 4 is 28.7 Å². The monoisotopic (exact) mass is 644 g/mol. The third-order valence-electron chi connectivity index (χ3n) is 8.86. The first-order valence-corrected chi connectivity index (χ1v) is 16.0. The van der Waals surface area contributed by atoms with Crippen molar-refractivity contribution in [3.8, 4) is 28.7 Å². The zero-order valence-electron chi connectivity index (χ0n) is 28.2. The van der Waals surface area contributed by atoms with Gasteiger partial charge in [0.25, 0.3) is 0 Å². The lowest BCUT2D eigenvalue weighted by atomic mass is 9.80. The molecule has 6 rings (SSSR count). The van der Waals surface area contributed by atoms with Gasteiger partial charge in [-0.2, -0.15) is 0 Å². The van der Waals surface area contributed by atoms with Crippen molar-refractivity contribution in [1.29, 1.82) is 0 Å². The molecule has 1 unspecified atom stereocenters. The van der Waals surface area contributed by atoms with E-state index in [9.17, 15) is 4.79 Å². The number of fused-ring (bicyclic) bond motifs is 2. The van der Waals surface area contributed by atoms with Gasteiger partial charge in [-0.3, -0.25) is 0 Å². The topological polar surface area (TPSA) is 69.7 Å². The van der Waals surface area contributed by atoms with Crippen LogP contribution in [0, 0.1) is 0 Å². The van der Waals surface area contributed by atoms with Crippen molar-refractivity contribution in [3.05, 3.63) is 125 Å². The number of hydrogen-bond acceptors (Lipinski definition) is 8. The van der Waals surface area contributed by atoms with E-state index in [1.807, 2.05) is 78.9 Å². The molecule has 0 aromatic heterocycles. The molecule has 1 aliphatic rings. The molecule has 0 aliphatic carbocycles.